The summed E-state index contributed by atoms with van der Waals surface area (Å²) >= 11 is 0. The van der Waals surface area contributed by atoms with Gasteiger partial charge in [0, 0.05) is 33.9 Å². The lowest BCUT2D eigenvalue weighted by Crippen LogP contribution is -2.41. The Kier molecular flexibility index (Phi) is 6.30. The summed E-state index contributed by atoms with van der Waals surface area (Å²) in [4.78, 5) is 14.1. The van der Waals surface area contributed by atoms with Gasteiger partial charge in [-0.15, -0.1) is 10.2 Å². The van der Waals surface area contributed by atoms with Crippen LogP contribution in [0.4, 0.5) is 4.79 Å². The highest BCUT2D eigenvalue weighted by Gasteiger charge is 2.20. The number of carbonyl (C=O) groups is 1. The molecule has 2 aromatic rings. The number of hydrogen-bond acceptors (Lipinski definition) is 5. The first-order chi connectivity index (χ1) is 11.6. The van der Waals surface area contributed by atoms with E-state index in [4.69, 9.17) is 4.74 Å². The van der Waals surface area contributed by atoms with Crippen LogP contribution in [0.1, 0.15) is 30.9 Å². The van der Waals surface area contributed by atoms with Gasteiger partial charge in [-0.1, -0.05) is 6.92 Å². The minimum Gasteiger partial charge on any atom is -0.382 e. The fourth-order valence-electron chi connectivity index (χ4n) is 2.47. The molecule has 0 aliphatic carbocycles. The third-order valence-corrected chi connectivity index (χ3v) is 3.73. The molecule has 1 atom stereocenters. The normalized spacial score (nSPS) is 12.2. The molecule has 0 fully saturated rings. The Hall–Kier alpha value is -2.42. The van der Waals surface area contributed by atoms with Gasteiger partial charge in [-0.3, -0.25) is 4.68 Å². The van der Waals surface area contributed by atoms with Crippen LogP contribution in [0.3, 0.4) is 0 Å². The van der Waals surface area contributed by atoms with Gasteiger partial charge in [0.25, 0.3) is 0 Å². The molecule has 2 rings (SSSR count). The first-order valence-corrected chi connectivity index (χ1v) is 7.92. The Morgan fingerprint density at radius 2 is 2.29 bits per heavy atom. The first-order valence-electron chi connectivity index (χ1n) is 7.92. The summed E-state index contributed by atoms with van der Waals surface area (Å²) in [5, 5.41) is 15.1. The van der Waals surface area contributed by atoms with Crippen molar-refractivity contribution >= 4 is 6.03 Å². The van der Waals surface area contributed by atoms with Gasteiger partial charge in [-0.2, -0.15) is 5.10 Å². The van der Waals surface area contributed by atoms with E-state index in [1.165, 1.54) is 0 Å². The monoisotopic (exact) mass is 335 g/mol. The zero-order valence-corrected chi connectivity index (χ0v) is 14.6. The number of aromatic nitrogens is 5. The summed E-state index contributed by atoms with van der Waals surface area (Å²) in [6, 6.07) is 1.39. The second-order valence-electron chi connectivity index (χ2n) is 5.63. The van der Waals surface area contributed by atoms with Crippen LogP contribution in [0.25, 0.3) is 0 Å². The quantitative estimate of drug-likeness (QED) is 0.776. The standard InChI is InChI=1S/C15H25N7O2/c1-5-8-22-11-16-19-14(22)9-20(2)15(23)18-12(10-24-4)13-6-7-17-21(13)3/h6-7,11-12H,5,8-10H2,1-4H3,(H,18,23)/t12-/m1/s1. The van der Waals surface area contributed by atoms with Crippen molar-refractivity contribution in [2.75, 3.05) is 20.8 Å². The summed E-state index contributed by atoms with van der Waals surface area (Å²) in [5.41, 5.74) is 0.882. The number of rotatable bonds is 8. The highest BCUT2D eigenvalue weighted by Crippen LogP contribution is 2.13. The van der Waals surface area contributed by atoms with E-state index in [1.54, 1.807) is 36.3 Å². The van der Waals surface area contributed by atoms with Crippen LogP contribution < -0.4 is 5.32 Å². The molecule has 2 amide bonds. The third kappa shape index (κ3) is 4.31. The lowest BCUT2D eigenvalue weighted by atomic mass is 10.2. The molecule has 0 spiro atoms. The van der Waals surface area contributed by atoms with Gasteiger partial charge in [-0.05, 0) is 12.5 Å². The number of hydrogen-bond donors (Lipinski definition) is 1. The van der Waals surface area contributed by atoms with Crippen LogP contribution >= 0.6 is 0 Å². The van der Waals surface area contributed by atoms with Crippen LogP contribution in [0.2, 0.25) is 0 Å². The van der Waals surface area contributed by atoms with E-state index in [9.17, 15) is 4.79 Å². The number of ether oxygens (including phenoxy) is 1. The number of methoxy groups -OCH3 is 1. The molecular weight excluding hydrogens is 310 g/mol. The van der Waals surface area contributed by atoms with Gasteiger partial charge in [0.05, 0.1) is 24.9 Å². The second kappa shape index (κ2) is 8.44. The van der Waals surface area contributed by atoms with E-state index in [-0.39, 0.29) is 12.1 Å². The zero-order chi connectivity index (χ0) is 17.5. The molecule has 0 saturated carbocycles. The van der Waals surface area contributed by atoms with Crippen molar-refractivity contribution in [3.8, 4) is 0 Å². The van der Waals surface area contributed by atoms with Crippen molar-refractivity contribution in [1.29, 1.82) is 0 Å². The molecule has 1 N–H and O–H groups in total. The lowest BCUT2D eigenvalue weighted by molar-refractivity contribution is 0.154. The second-order valence-corrected chi connectivity index (χ2v) is 5.63. The van der Waals surface area contributed by atoms with E-state index < -0.39 is 0 Å². The Morgan fingerprint density at radius 1 is 1.50 bits per heavy atom. The molecule has 0 unspecified atom stereocenters. The van der Waals surface area contributed by atoms with Crippen molar-refractivity contribution in [2.45, 2.75) is 32.5 Å². The maximum Gasteiger partial charge on any atom is 0.318 e. The molecule has 2 aromatic heterocycles. The van der Waals surface area contributed by atoms with Gasteiger partial charge in [0.1, 0.15) is 6.33 Å². The molecular formula is C15H25N7O2. The van der Waals surface area contributed by atoms with Gasteiger partial charge in [0.2, 0.25) is 0 Å². The van der Waals surface area contributed by atoms with E-state index in [0.29, 0.717) is 13.2 Å². The Labute approximate surface area is 141 Å². The van der Waals surface area contributed by atoms with Crippen LogP contribution in [0.5, 0.6) is 0 Å². The fraction of sp³-hybridized carbons (Fsp3) is 0.600. The summed E-state index contributed by atoms with van der Waals surface area (Å²) in [7, 11) is 5.17. The molecule has 0 saturated heterocycles. The number of urea groups is 1. The minimum absolute atomic E-state index is 0.204. The average Bonchev–Trinajstić information content (AvgIpc) is 3.16. The number of aryl methyl sites for hydroxylation is 2. The van der Waals surface area contributed by atoms with Crippen LogP contribution in [-0.4, -0.2) is 56.2 Å². The largest absolute Gasteiger partial charge is 0.382 e. The SMILES string of the molecule is CCCn1cnnc1CN(C)C(=O)N[C@H](COC)c1ccnn1C. The molecule has 24 heavy (non-hydrogen) atoms. The molecule has 132 valence electrons. The number of nitrogens with zero attached hydrogens (tertiary/aromatic N) is 6. The van der Waals surface area contributed by atoms with Crippen molar-refractivity contribution in [3.63, 3.8) is 0 Å². The van der Waals surface area contributed by atoms with Gasteiger partial charge in [0.15, 0.2) is 5.82 Å². The molecule has 0 radical (unpaired) electrons. The maximum absolute atomic E-state index is 12.5. The highest BCUT2D eigenvalue weighted by molar-refractivity contribution is 5.74. The molecule has 9 nitrogen and oxygen atoms in total. The van der Waals surface area contributed by atoms with Gasteiger partial charge < -0.3 is 19.5 Å². The number of carbonyl (C=O) groups excluding carboxylic acids is 1. The predicted molar refractivity (Wildman–Crippen MR) is 88.1 cm³/mol. The Balaban J connectivity index is 2.01. The maximum atomic E-state index is 12.5. The van der Waals surface area contributed by atoms with Crippen LogP contribution in [0.15, 0.2) is 18.6 Å². The van der Waals surface area contributed by atoms with Gasteiger partial charge >= 0.3 is 6.03 Å². The fourth-order valence-corrected chi connectivity index (χ4v) is 2.47. The first kappa shape index (κ1) is 17.9. The number of amides is 2. The summed E-state index contributed by atoms with van der Waals surface area (Å²) in [6.45, 7) is 3.67. The molecule has 0 bridgehead atoms. The Morgan fingerprint density at radius 3 is 2.92 bits per heavy atom. The van der Waals surface area contributed by atoms with Crippen LogP contribution in [-0.2, 0) is 24.9 Å². The zero-order valence-electron chi connectivity index (χ0n) is 14.6. The average molecular weight is 335 g/mol. The Bertz CT molecular complexity index is 652. The smallest absolute Gasteiger partial charge is 0.318 e. The highest BCUT2D eigenvalue weighted by atomic mass is 16.5. The van der Waals surface area contributed by atoms with Crippen LogP contribution in [0, 0.1) is 0 Å². The van der Waals surface area contributed by atoms with Crippen molar-refractivity contribution in [3.05, 3.63) is 30.1 Å². The summed E-state index contributed by atoms with van der Waals surface area (Å²) in [5.74, 6) is 0.762. The molecule has 0 aliphatic heterocycles. The minimum atomic E-state index is -0.272. The summed E-state index contributed by atoms with van der Waals surface area (Å²) in [6.07, 6.45) is 4.37. The number of nitrogens with one attached hydrogen (secondary N) is 1. The third-order valence-electron chi connectivity index (χ3n) is 3.73. The van der Waals surface area contributed by atoms with Crippen molar-refractivity contribution < 1.29 is 9.53 Å². The molecule has 2 heterocycles. The predicted octanol–water partition coefficient (Wildman–Crippen LogP) is 0.951. The van der Waals surface area contributed by atoms with E-state index in [0.717, 1.165) is 24.5 Å². The lowest BCUT2D eigenvalue weighted by Gasteiger charge is -2.23. The van der Waals surface area contributed by atoms with Crippen molar-refractivity contribution in [1.82, 2.24) is 34.8 Å². The van der Waals surface area contributed by atoms with Gasteiger partial charge in [-0.25, -0.2) is 4.79 Å². The summed E-state index contributed by atoms with van der Waals surface area (Å²) < 4.78 is 8.90. The van der Waals surface area contributed by atoms with E-state index in [1.807, 2.05) is 17.7 Å². The topological polar surface area (TPSA) is 90.1 Å². The van der Waals surface area contributed by atoms with E-state index >= 15 is 0 Å². The van der Waals surface area contributed by atoms with E-state index in [2.05, 4.69) is 27.5 Å². The molecule has 9 heteroatoms. The molecule has 0 aliphatic rings. The molecule has 0 aromatic carbocycles. The van der Waals surface area contributed by atoms with Crippen molar-refractivity contribution in [2.24, 2.45) is 7.05 Å².